The molecule has 1 amide bonds. The van der Waals surface area contributed by atoms with Gasteiger partial charge in [-0.05, 0) is 67.5 Å². The molecule has 0 saturated carbocycles. The highest BCUT2D eigenvalue weighted by molar-refractivity contribution is 6.30. The number of carbonyl (C=O) groups is 1. The molecule has 6 heteroatoms. The quantitative estimate of drug-likeness (QED) is 0.492. The Hall–Kier alpha value is -3.05. The van der Waals surface area contributed by atoms with E-state index in [1.807, 2.05) is 54.0 Å². The first kappa shape index (κ1) is 22.2. The lowest BCUT2D eigenvalue weighted by atomic mass is 9.86. The zero-order valence-electron chi connectivity index (χ0n) is 18.2. The van der Waals surface area contributed by atoms with Crippen LogP contribution in [0.1, 0.15) is 36.7 Å². The molecule has 3 heterocycles. The van der Waals surface area contributed by atoms with Crippen molar-refractivity contribution in [2.75, 3.05) is 6.54 Å². The lowest BCUT2D eigenvalue weighted by Gasteiger charge is -2.37. The Morgan fingerprint density at radius 1 is 1.16 bits per heavy atom. The molecule has 1 aliphatic heterocycles. The maximum Gasteiger partial charge on any atom is 0.246 e. The second-order valence-corrected chi connectivity index (χ2v) is 8.89. The SMILES string of the molecule is C=CC(=O)N1CCC(Cc2cncc(-c3cnc(Cc4cccc(Cl)c4)nc3)c2)CC1C. The number of nitrogens with zero attached hydrogens (tertiary/aromatic N) is 4. The highest BCUT2D eigenvalue weighted by atomic mass is 35.5. The maximum absolute atomic E-state index is 12.0. The number of hydrogen-bond donors (Lipinski definition) is 0. The molecule has 2 atom stereocenters. The Kier molecular flexibility index (Phi) is 6.96. The van der Waals surface area contributed by atoms with E-state index >= 15 is 0 Å². The number of likely N-dealkylation sites (tertiary alicyclic amines) is 1. The molecule has 2 unspecified atom stereocenters. The molecule has 4 rings (SSSR count). The van der Waals surface area contributed by atoms with Gasteiger partial charge in [-0.15, -0.1) is 0 Å². The van der Waals surface area contributed by atoms with E-state index in [4.69, 9.17) is 11.6 Å². The van der Waals surface area contributed by atoms with Gasteiger partial charge in [0.25, 0.3) is 0 Å². The van der Waals surface area contributed by atoms with Gasteiger partial charge in [0, 0.05) is 59.9 Å². The first-order valence-electron chi connectivity index (χ1n) is 10.9. The Morgan fingerprint density at radius 2 is 1.97 bits per heavy atom. The standard InChI is InChI=1S/C26H27ClN4O/c1-3-26(32)31-8-7-20(9-18(31)2)10-21-11-22(15-28-14-21)23-16-29-25(30-17-23)13-19-5-4-6-24(27)12-19/h3-6,11-12,14-18,20H,1,7-10,13H2,2H3. The number of carbonyl (C=O) groups excluding carboxylic acids is 1. The first-order valence-corrected chi connectivity index (χ1v) is 11.3. The smallest absolute Gasteiger partial charge is 0.246 e. The summed E-state index contributed by atoms with van der Waals surface area (Å²) in [5, 5.41) is 0.717. The number of aromatic nitrogens is 3. The molecule has 3 aromatic rings. The molecule has 1 aliphatic rings. The van der Waals surface area contributed by atoms with Gasteiger partial charge in [0.05, 0.1) is 0 Å². The topological polar surface area (TPSA) is 59.0 Å². The van der Waals surface area contributed by atoms with E-state index < -0.39 is 0 Å². The molecule has 0 radical (unpaired) electrons. The number of benzene rings is 1. The van der Waals surface area contributed by atoms with Crippen molar-refractivity contribution in [3.05, 3.63) is 89.7 Å². The molecule has 32 heavy (non-hydrogen) atoms. The second-order valence-electron chi connectivity index (χ2n) is 8.46. The van der Waals surface area contributed by atoms with Crippen molar-refractivity contribution >= 4 is 17.5 Å². The summed E-state index contributed by atoms with van der Waals surface area (Å²) >= 11 is 6.07. The lowest BCUT2D eigenvalue weighted by molar-refractivity contribution is -0.129. The van der Waals surface area contributed by atoms with Crippen LogP contribution in [0.4, 0.5) is 0 Å². The zero-order chi connectivity index (χ0) is 22.5. The fourth-order valence-corrected chi connectivity index (χ4v) is 4.63. The van der Waals surface area contributed by atoms with Crippen molar-refractivity contribution in [2.45, 2.75) is 38.6 Å². The summed E-state index contributed by atoms with van der Waals surface area (Å²) in [6, 6.07) is 10.2. The van der Waals surface area contributed by atoms with Crippen molar-refractivity contribution in [3.63, 3.8) is 0 Å². The summed E-state index contributed by atoms with van der Waals surface area (Å²) in [5.41, 5.74) is 4.26. The predicted molar refractivity (Wildman–Crippen MR) is 127 cm³/mol. The molecule has 164 valence electrons. The predicted octanol–water partition coefficient (Wildman–Crippen LogP) is 5.14. The number of hydrogen-bond acceptors (Lipinski definition) is 4. The van der Waals surface area contributed by atoms with E-state index in [-0.39, 0.29) is 11.9 Å². The van der Waals surface area contributed by atoms with E-state index in [0.29, 0.717) is 12.3 Å². The van der Waals surface area contributed by atoms with Crippen LogP contribution in [0.3, 0.4) is 0 Å². The number of pyridine rings is 1. The number of amides is 1. The van der Waals surface area contributed by atoms with Gasteiger partial charge < -0.3 is 4.90 Å². The fraction of sp³-hybridized carbons (Fsp3) is 0.308. The fourth-order valence-electron chi connectivity index (χ4n) is 4.41. The van der Waals surface area contributed by atoms with Gasteiger partial charge in [-0.2, -0.15) is 0 Å². The molecule has 1 aromatic carbocycles. The van der Waals surface area contributed by atoms with Crippen LogP contribution in [0.2, 0.25) is 5.02 Å². The van der Waals surface area contributed by atoms with E-state index in [0.717, 1.165) is 53.3 Å². The van der Waals surface area contributed by atoms with E-state index in [1.54, 1.807) is 0 Å². The maximum atomic E-state index is 12.0. The van der Waals surface area contributed by atoms with Crippen molar-refractivity contribution in [1.29, 1.82) is 0 Å². The Labute approximate surface area is 194 Å². The molecular weight excluding hydrogens is 420 g/mol. The minimum absolute atomic E-state index is 0.0263. The highest BCUT2D eigenvalue weighted by Crippen LogP contribution is 2.27. The average molecular weight is 447 g/mol. The van der Waals surface area contributed by atoms with Gasteiger partial charge in [0.15, 0.2) is 0 Å². The Bertz CT molecular complexity index is 1100. The summed E-state index contributed by atoms with van der Waals surface area (Å²) in [5.74, 6) is 1.32. The third kappa shape index (κ3) is 5.40. The van der Waals surface area contributed by atoms with Gasteiger partial charge in [-0.3, -0.25) is 9.78 Å². The zero-order valence-corrected chi connectivity index (χ0v) is 19.0. The van der Waals surface area contributed by atoms with Crippen LogP contribution in [0, 0.1) is 5.92 Å². The summed E-state index contributed by atoms with van der Waals surface area (Å²) < 4.78 is 0. The number of piperidine rings is 1. The Balaban J connectivity index is 1.41. The Morgan fingerprint density at radius 3 is 2.69 bits per heavy atom. The lowest BCUT2D eigenvalue weighted by Crippen LogP contribution is -2.44. The van der Waals surface area contributed by atoms with Crippen LogP contribution in [0.25, 0.3) is 11.1 Å². The first-order chi connectivity index (χ1) is 15.5. The van der Waals surface area contributed by atoms with E-state index in [1.165, 1.54) is 11.6 Å². The summed E-state index contributed by atoms with van der Waals surface area (Å²) in [6.45, 7) is 6.51. The van der Waals surface area contributed by atoms with Gasteiger partial charge in [-0.25, -0.2) is 9.97 Å². The highest BCUT2D eigenvalue weighted by Gasteiger charge is 2.27. The minimum Gasteiger partial charge on any atom is -0.336 e. The summed E-state index contributed by atoms with van der Waals surface area (Å²) in [4.78, 5) is 27.4. The largest absolute Gasteiger partial charge is 0.336 e. The molecule has 1 fully saturated rings. The molecule has 0 bridgehead atoms. The number of rotatable bonds is 6. The second kappa shape index (κ2) is 10.0. The van der Waals surface area contributed by atoms with Crippen molar-refractivity contribution in [3.8, 4) is 11.1 Å². The van der Waals surface area contributed by atoms with Gasteiger partial charge in [0.1, 0.15) is 5.82 Å². The van der Waals surface area contributed by atoms with Crippen LogP contribution < -0.4 is 0 Å². The molecule has 0 aliphatic carbocycles. The summed E-state index contributed by atoms with van der Waals surface area (Å²) in [7, 11) is 0. The van der Waals surface area contributed by atoms with Crippen LogP contribution in [0.15, 0.2) is 67.8 Å². The van der Waals surface area contributed by atoms with Gasteiger partial charge in [-0.1, -0.05) is 30.3 Å². The normalized spacial score (nSPS) is 18.4. The van der Waals surface area contributed by atoms with Gasteiger partial charge >= 0.3 is 0 Å². The molecule has 1 saturated heterocycles. The molecule has 0 spiro atoms. The summed E-state index contributed by atoms with van der Waals surface area (Å²) in [6.07, 6.45) is 12.5. The van der Waals surface area contributed by atoms with Crippen molar-refractivity contribution < 1.29 is 4.79 Å². The van der Waals surface area contributed by atoms with Crippen molar-refractivity contribution in [1.82, 2.24) is 19.9 Å². The van der Waals surface area contributed by atoms with Crippen LogP contribution >= 0.6 is 11.6 Å². The number of halogens is 1. The average Bonchev–Trinajstić information content (AvgIpc) is 2.79. The van der Waals surface area contributed by atoms with E-state index in [9.17, 15) is 4.79 Å². The van der Waals surface area contributed by atoms with Crippen molar-refractivity contribution in [2.24, 2.45) is 5.92 Å². The van der Waals surface area contributed by atoms with Crippen LogP contribution in [0.5, 0.6) is 0 Å². The molecule has 2 aromatic heterocycles. The van der Waals surface area contributed by atoms with Crippen LogP contribution in [-0.2, 0) is 17.6 Å². The molecular formula is C26H27ClN4O. The third-order valence-electron chi connectivity index (χ3n) is 6.05. The van der Waals surface area contributed by atoms with Gasteiger partial charge in [0.2, 0.25) is 5.91 Å². The minimum atomic E-state index is 0.0263. The molecule has 5 nitrogen and oxygen atoms in total. The van der Waals surface area contributed by atoms with E-state index in [2.05, 4.69) is 34.5 Å². The third-order valence-corrected chi connectivity index (χ3v) is 6.29. The van der Waals surface area contributed by atoms with Crippen LogP contribution in [-0.4, -0.2) is 38.3 Å². The molecule has 0 N–H and O–H groups in total. The monoisotopic (exact) mass is 446 g/mol.